The van der Waals surface area contributed by atoms with Gasteiger partial charge in [0.05, 0.1) is 12.1 Å². The molecule has 0 aliphatic carbocycles. The molecule has 0 atom stereocenters. The van der Waals surface area contributed by atoms with Crippen LogP contribution in [0.3, 0.4) is 0 Å². The highest BCUT2D eigenvalue weighted by atomic mass is 35.5. The Morgan fingerprint density at radius 3 is 2.38 bits per heavy atom. The van der Waals surface area contributed by atoms with Crippen LogP contribution in [0.2, 0.25) is 10.0 Å². The zero-order valence-corrected chi connectivity index (χ0v) is 11.3. The van der Waals surface area contributed by atoms with Crippen LogP contribution in [0.15, 0.2) is 12.1 Å². The van der Waals surface area contributed by atoms with E-state index >= 15 is 0 Å². The van der Waals surface area contributed by atoms with Crippen LogP contribution in [0.25, 0.3) is 0 Å². The third-order valence-electron chi connectivity index (χ3n) is 2.54. The lowest BCUT2D eigenvalue weighted by molar-refractivity contribution is 0.376. The van der Waals surface area contributed by atoms with E-state index in [1.54, 1.807) is 13.2 Å². The average molecular weight is 262 g/mol. The third-order valence-corrected chi connectivity index (χ3v) is 3.19. The van der Waals surface area contributed by atoms with Gasteiger partial charge in [-0.3, -0.25) is 0 Å². The third kappa shape index (κ3) is 3.27. The van der Waals surface area contributed by atoms with E-state index in [0.717, 1.165) is 12.0 Å². The molecule has 0 amide bonds. The molecular weight excluding hydrogens is 245 g/mol. The molecule has 1 aromatic rings. The van der Waals surface area contributed by atoms with Gasteiger partial charge in [-0.25, -0.2) is 0 Å². The largest absolute Gasteiger partial charge is 0.495 e. The van der Waals surface area contributed by atoms with E-state index in [2.05, 4.69) is 13.8 Å². The summed E-state index contributed by atoms with van der Waals surface area (Å²) in [6.07, 6.45) is 0.798. The lowest BCUT2D eigenvalue weighted by atomic mass is 9.86. The summed E-state index contributed by atoms with van der Waals surface area (Å²) in [5, 5.41) is 1.25. The number of hydrogen-bond donors (Lipinski definition) is 1. The highest BCUT2D eigenvalue weighted by Crippen LogP contribution is 2.33. The number of halogens is 2. The molecular formula is C12H17Cl2NO. The number of nitrogens with two attached hydrogens (primary N) is 1. The van der Waals surface area contributed by atoms with E-state index in [0.29, 0.717) is 22.3 Å². The molecule has 0 saturated carbocycles. The van der Waals surface area contributed by atoms with Crippen molar-refractivity contribution in [1.29, 1.82) is 0 Å². The van der Waals surface area contributed by atoms with Crippen molar-refractivity contribution in [3.63, 3.8) is 0 Å². The molecule has 4 heteroatoms. The van der Waals surface area contributed by atoms with Crippen LogP contribution < -0.4 is 10.5 Å². The zero-order valence-electron chi connectivity index (χ0n) is 9.81. The van der Waals surface area contributed by atoms with E-state index in [9.17, 15) is 0 Å². The molecule has 0 aromatic heterocycles. The van der Waals surface area contributed by atoms with Crippen molar-refractivity contribution in [1.82, 2.24) is 0 Å². The summed E-state index contributed by atoms with van der Waals surface area (Å²) in [6.45, 7) is 4.80. The van der Waals surface area contributed by atoms with E-state index in [4.69, 9.17) is 33.7 Å². The van der Waals surface area contributed by atoms with Crippen molar-refractivity contribution in [3.05, 3.63) is 27.7 Å². The maximum atomic E-state index is 6.16. The topological polar surface area (TPSA) is 35.2 Å². The van der Waals surface area contributed by atoms with Crippen LogP contribution in [0.4, 0.5) is 0 Å². The van der Waals surface area contributed by atoms with Gasteiger partial charge in [0.1, 0.15) is 5.75 Å². The Bertz CT molecular complexity index is 378. The van der Waals surface area contributed by atoms with Gasteiger partial charge in [-0.05, 0) is 30.0 Å². The van der Waals surface area contributed by atoms with Crippen molar-refractivity contribution >= 4 is 23.2 Å². The lowest BCUT2D eigenvalue weighted by Gasteiger charge is -2.23. The number of rotatable bonds is 4. The van der Waals surface area contributed by atoms with Gasteiger partial charge in [0, 0.05) is 11.1 Å². The molecule has 90 valence electrons. The Morgan fingerprint density at radius 2 is 1.88 bits per heavy atom. The quantitative estimate of drug-likeness (QED) is 0.900. The fraction of sp³-hybridized carbons (Fsp3) is 0.500. The first-order valence-corrected chi connectivity index (χ1v) is 5.87. The highest BCUT2D eigenvalue weighted by molar-refractivity contribution is 6.34. The van der Waals surface area contributed by atoms with Gasteiger partial charge in [0.15, 0.2) is 0 Å². The van der Waals surface area contributed by atoms with E-state index in [1.807, 2.05) is 6.07 Å². The minimum atomic E-state index is 0.0154. The van der Waals surface area contributed by atoms with Crippen molar-refractivity contribution in [3.8, 4) is 5.75 Å². The van der Waals surface area contributed by atoms with Crippen LogP contribution in [0.5, 0.6) is 5.75 Å². The summed E-state index contributed by atoms with van der Waals surface area (Å²) < 4.78 is 5.10. The molecule has 0 aliphatic heterocycles. The van der Waals surface area contributed by atoms with E-state index in [-0.39, 0.29) is 5.41 Å². The second-order valence-corrected chi connectivity index (χ2v) is 5.44. The Labute approximate surface area is 107 Å². The molecule has 16 heavy (non-hydrogen) atoms. The molecule has 0 heterocycles. The molecule has 0 radical (unpaired) electrons. The van der Waals surface area contributed by atoms with Gasteiger partial charge in [-0.2, -0.15) is 0 Å². The smallest absolute Gasteiger partial charge is 0.138 e. The van der Waals surface area contributed by atoms with E-state index < -0.39 is 0 Å². The van der Waals surface area contributed by atoms with Crippen LogP contribution in [0, 0.1) is 5.41 Å². The maximum absolute atomic E-state index is 6.16. The summed E-state index contributed by atoms with van der Waals surface area (Å²) in [5.74, 6) is 0.598. The minimum Gasteiger partial charge on any atom is -0.495 e. The SMILES string of the molecule is COc1cc(Cl)c(CC(C)(C)CN)cc1Cl. The molecule has 0 unspecified atom stereocenters. The predicted molar refractivity (Wildman–Crippen MR) is 69.6 cm³/mol. The van der Waals surface area contributed by atoms with Gasteiger partial charge in [0.2, 0.25) is 0 Å². The second-order valence-electron chi connectivity index (χ2n) is 4.62. The highest BCUT2D eigenvalue weighted by Gasteiger charge is 2.19. The molecule has 1 aromatic carbocycles. The normalized spacial score (nSPS) is 11.6. The van der Waals surface area contributed by atoms with Gasteiger partial charge >= 0.3 is 0 Å². The number of benzene rings is 1. The molecule has 2 N–H and O–H groups in total. The lowest BCUT2D eigenvalue weighted by Crippen LogP contribution is -2.26. The van der Waals surface area contributed by atoms with Crippen molar-refractivity contribution < 1.29 is 4.74 Å². The van der Waals surface area contributed by atoms with Gasteiger partial charge < -0.3 is 10.5 Å². The molecule has 0 aliphatic rings. The first kappa shape index (κ1) is 13.6. The monoisotopic (exact) mass is 261 g/mol. The summed E-state index contributed by atoms with van der Waals surface area (Å²) in [4.78, 5) is 0. The fourth-order valence-electron chi connectivity index (χ4n) is 1.45. The summed E-state index contributed by atoms with van der Waals surface area (Å²) in [5.41, 5.74) is 6.72. The molecule has 0 fully saturated rings. The first-order chi connectivity index (χ1) is 7.39. The van der Waals surface area contributed by atoms with Gasteiger partial charge in [-0.1, -0.05) is 37.0 Å². The fourth-order valence-corrected chi connectivity index (χ4v) is 1.93. The Hall–Kier alpha value is -0.440. The van der Waals surface area contributed by atoms with Crippen LogP contribution in [0.1, 0.15) is 19.4 Å². The van der Waals surface area contributed by atoms with Gasteiger partial charge in [-0.15, -0.1) is 0 Å². The molecule has 0 bridgehead atoms. The maximum Gasteiger partial charge on any atom is 0.138 e. The summed E-state index contributed by atoms with van der Waals surface area (Å²) in [6, 6.07) is 3.59. The summed E-state index contributed by atoms with van der Waals surface area (Å²) in [7, 11) is 1.57. The molecule has 0 spiro atoms. The van der Waals surface area contributed by atoms with Gasteiger partial charge in [0.25, 0.3) is 0 Å². The standard InChI is InChI=1S/C12H17Cl2NO/c1-12(2,7-15)6-8-4-10(14)11(16-3)5-9(8)13/h4-5H,6-7,15H2,1-3H3. The Balaban J connectivity index is 3.02. The van der Waals surface area contributed by atoms with Crippen LogP contribution in [-0.4, -0.2) is 13.7 Å². The average Bonchev–Trinajstić information content (AvgIpc) is 2.22. The number of hydrogen-bond acceptors (Lipinski definition) is 2. The number of ether oxygens (including phenoxy) is 1. The first-order valence-electron chi connectivity index (χ1n) is 5.11. The molecule has 1 rings (SSSR count). The summed E-state index contributed by atoms with van der Waals surface area (Å²) >= 11 is 12.2. The second kappa shape index (κ2) is 5.26. The van der Waals surface area contributed by atoms with E-state index in [1.165, 1.54) is 0 Å². The van der Waals surface area contributed by atoms with Crippen molar-refractivity contribution in [2.24, 2.45) is 11.1 Å². The van der Waals surface area contributed by atoms with Crippen LogP contribution >= 0.6 is 23.2 Å². The number of methoxy groups -OCH3 is 1. The van der Waals surface area contributed by atoms with Crippen molar-refractivity contribution in [2.75, 3.05) is 13.7 Å². The van der Waals surface area contributed by atoms with Crippen molar-refractivity contribution in [2.45, 2.75) is 20.3 Å². The minimum absolute atomic E-state index is 0.0154. The molecule has 0 saturated heterocycles. The Kier molecular flexibility index (Phi) is 4.48. The van der Waals surface area contributed by atoms with Crippen LogP contribution in [-0.2, 0) is 6.42 Å². The predicted octanol–water partition coefficient (Wildman–Crippen LogP) is 3.53. The molecule has 2 nitrogen and oxygen atoms in total. The zero-order chi connectivity index (χ0) is 12.3. The Morgan fingerprint density at radius 1 is 1.25 bits per heavy atom.